The molecule has 0 saturated heterocycles. The van der Waals surface area contributed by atoms with E-state index in [0.717, 1.165) is 11.1 Å². The lowest BCUT2D eigenvalue weighted by Crippen LogP contribution is -2.11. The maximum Gasteiger partial charge on any atom is 0.0496 e. The minimum Gasteiger partial charge on any atom is -0.326 e. The van der Waals surface area contributed by atoms with Crippen LogP contribution in [0.25, 0.3) is 5.57 Å². The topological polar surface area (TPSA) is 26.0 Å². The summed E-state index contributed by atoms with van der Waals surface area (Å²) in [5.41, 5.74) is 11.7. The molecule has 0 amide bonds. The molecule has 0 spiro atoms. The van der Waals surface area contributed by atoms with Crippen LogP contribution >= 0.6 is 23.2 Å². The zero-order chi connectivity index (χ0) is 14.3. The number of benzene rings is 1. The summed E-state index contributed by atoms with van der Waals surface area (Å²) in [6, 6.07) is 5.67. The van der Waals surface area contributed by atoms with Gasteiger partial charge in [-0.15, -0.1) is 0 Å². The number of rotatable bonds is 2. The molecule has 0 radical (unpaired) electrons. The van der Waals surface area contributed by atoms with Gasteiger partial charge in [0.15, 0.2) is 0 Å². The lowest BCUT2D eigenvalue weighted by Gasteiger charge is -2.24. The molecule has 20 heavy (non-hydrogen) atoms. The molecule has 0 aromatic heterocycles. The standard InChI is InChI=1S/C17H15Cl2N/c1-10-2-3-11-4-5-12(9-20)17(11)16(10)14-7-6-13(18)8-15(14)19/h2-8,10H,9,20H2,1H3. The number of allylic oxidation sites excluding steroid dienone is 6. The summed E-state index contributed by atoms with van der Waals surface area (Å²) in [6.07, 6.45) is 8.57. The average molecular weight is 304 g/mol. The van der Waals surface area contributed by atoms with Crippen LogP contribution in [0, 0.1) is 5.92 Å². The number of halogens is 2. The van der Waals surface area contributed by atoms with E-state index in [1.807, 2.05) is 12.1 Å². The van der Waals surface area contributed by atoms with Crippen molar-refractivity contribution in [1.82, 2.24) is 0 Å². The van der Waals surface area contributed by atoms with Crippen molar-refractivity contribution in [1.29, 1.82) is 0 Å². The smallest absolute Gasteiger partial charge is 0.0496 e. The van der Waals surface area contributed by atoms with Crippen molar-refractivity contribution in [2.45, 2.75) is 6.92 Å². The van der Waals surface area contributed by atoms with Crippen LogP contribution in [0.3, 0.4) is 0 Å². The minimum atomic E-state index is 0.300. The molecule has 3 rings (SSSR count). The van der Waals surface area contributed by atoms with E-state index in [1.165, 1.54) is 16.7 Å². The summed E-state index contributed by atoms with van der Waals surface area (Å²) in [6.45, 7) is 2.71. The monoisotopic (exact) mass is 303 g/mol. The van der Waals surface area contributed by atoms with Crippen molar-refractivity contribution < 1.29 is 0 Å². The molecule has 1 unspecified atom stereocenters. The van der Waals surface area contributed by atoms with Crippen molar-refractivity contribution in [2.24, 2.45) is 11.7 Å². The van der Waals surface area contributed by atoms with E-state index in [1.54, 1.807) is 6.07 Å². The second-order valence-corrected chi connectivity index (χ2v) is 5.92. The summed E-state index contributed by atoms with van der Waals surface area (Å²) in [5.74, 6) is 0.300. The molecule has 3 heteroatoms. The van der Waals surface area contributed by atoms with Crippen LogP contribution in [0.15, 0.2) is 59.2 Å². The highest BCUT2D eigenvalue weighted by Crippen LogP contribution is 2.43. The lowest BCUT2D eigenvalue weighted by atomic mass is 9.81. The summed E-state index contributed by atoms with van der Waals surface area (Å²) in [4.78, 5) is 0. The van der Waals surface area contributed by atoms with Crippen LogP contribution in [-0.2, 0) is 0 Å². The van der Waals surface area contributed by atoms with Crippen LogP contribution in [0.4, 0.5) is 0 Å². The molecule has 1 atom stereocenters. The highest BCUT2D eigenvalue weighted by molar-refractivity contribution is 6.35. The van der Waals surface area contributed by atoms with Gasteiger partial charge in [-0.1, -0.05) is 60.5 Å². The van der Waals surface area contributed by atoms with Gasteiger partial charge >= 0.3 is 0 Å². The van der Waals surface area contributed by atoms with Crippen LogP contribution in [-0.4, -0.2) is 6.54 Å². The highest BCUT2D eigenvalue weighted by Gasteiger charge is 2.26. The molecule has 0 saturated carbocycles. The van der Waals surface area contributed by atoms with E-state index in [9.17, 15) is 0 Å². The van der Waals surface area contributed by atoms with Gasteiger partial charge in [0.25, 0.3) is 0 Å². The quantitative estimate of drug-likeness (QED) is 0.836. The first-order chi connectivity index (χ1) is 9.61. The highest BCUT2D eigenvalue weighted by atomic mass is 35.5. The Morgan fingerprint density at radius 3 is 2.70 bits per heavy atom. The summed E-state index contributed by atoms with van der Waals surface area (Å²) >= 11 is 12.4. The Balaban J connectivity index is 2.23. The largest absolute Gasteiger partial charge is 0.326 e. The van der Waals surface area contributed by atoms with Crippen molar-refractivity contribution in [3.05, 3.63) is 74.8 Å². The van der Waals surface area contributed by atoms with Gasteiger partial charge in [-0.2, -0.15) is 0 Å². The Bertz CT molecular complexity index is 693. The van der Waals surface area contributed by atoms with Crippen molar-refractivity contribution in [3.63, 3.8) is 0 Å². The normalized spacial score (nSPS) is 20.9. The van der Waals surface area contributed by atoms with E-state index in [4.69, 9.17) is 28.9 Å². The van der Waals surface area contributed by atoms with Crippen molar-refractivity contribution in [3.8, 4) is 0 Å². The van der Waals surface area contributed by atoms with Crippen molar-refractivity contribution in [2.75, 3.05) is 6.54 Å². The van der Waals surface area contributed by atoms with Crippen LogP contribution < -0.4 is 5.73 Å². The number of hydrogen-bond donors (Lipinski definition) is 1. The van der Waals surface area contributed by atoms with E-state index in [0.29, 0.717) is 22.5 Å². The molecular formula is C17H15Cl2N. The summed E-state index contributed by atoms with van der Waals surface area (Å²) in [5, 5.41) is 1.34. The lowest BCUT2D eigenvalue weighted by molar-refractivity contribution is 0.940. The molecule has 2 aliphatic carbocycles. The number of fused-ring (bicyclic) bond motifs is 1. The van der Waals surface area contributed by atoms with Gasteiger partial charge in [-0.25, -0.2) is 0 Å². The second kappa shape index (κ2) is 5.25. The number of nitrogens with two attached hydrogens (primary N) is 1. The third kappa shape index (κ3) is 2.16. The second-order valence-electron chi connectivity index (χ2n) is 5.08. The third-order valence-corrected chi connectivity index (χ3v) is 4.35. The van der Waals surface area contributed by atoms with E-state index in [-0.39, 0.29) is 0 Å². The minimum absolute atomic E-state index is 0.300. The molecule has 0 heterocycles. The molecule has 0 bridgehead atoms. The molecule has 0 fully saturated rings. The van der Waals surface area contributed by atoms with Crippen LogP contribution in [0.2, 0.25) is 10.0 Å². The molecule has 1 aromatic carbocycles. The van der Waals surface area contributed by atoms with Crippen molar-refractivity contribution >= 4 is 28.8 Å². The average Bonchev–Trinajstić information content (AvgIpc) is 2.83. The van der Waals surface area contributed by atoms with Gasteiger partial charge in [0, 0.05) is 22.5 Å². The molecule has 0 aliphatic heterocycles. The van der Waals surface area contributed by atoms with Gasteiger partial charge in [-0.05, 0) is 40.0 Å². The van der Waals surface area contributed by atoms with Crippen LogP contribution in [0.1, 0.15) is 12.5 Å². The molecule has 102 valence electrons. The first kappa shape index (κ1) is 13.7. The Morgan fingerprint density at radius 2 is 2.00 bits per heavy atom. The summed E-state index contributed by atoms with van der Waals surface area (Å²) < 4.78 is 0. The summed E-state index contributed by atoms with van der Waals surface area (Å²) in [7, 11) is 0. The fraction of sp³-hybridized carbons (Fsp3) is 0.176. The van der Waals surface area contributed by atoms with Gasteiger partial charge < -0.3 is 5.73 Å². The fourth-order valence-corrected chi connectivity index (χ4v) is 3.35. The van der Waals surface area contributed by atoms with E-state index in [2.05, 4.69) is 31.2 Å². The molecular weight excluding hydrogens is 289 g/mol. The Hall–Kier alpha value is -1.28. The predicted octanol–water partition coefficient (Wildman–Crippen LogP) is 4.78. The fourth-order valence-electron chi connectivity index (χ4n) is 2.84. The SMILES string of the molecule is CC1C=CC2=CC=C(CN)C2=C1c1ccc(Cl)cc1Cl. The van der Waals surface area contributed by atoms with Crippen LogP contribution in [0.5, 0.6) is 0 Å². The Kier molecular flexibility index (Phi) is 3.59. The molecule has 2 N–H and O–H groups in total. The first-order valence-corrected chi connectivity index (χ1v) is 7.37. The number of hydrogen-bond acceptors (Lipinski definition) is 1. The van der Waals surface area contributed by atoms with E-state index >= 15 is 0 Å². The van der Waals surface area contributed by atoms with Gasteiger partial charge in [0.1, 0.15) is 0 Å². The van der Waals surface area contributed by atoms with Gasteiger partial charge in [0.05, 0.1) is 0 Å². The Labute approximate surface area is 129 Å². The zero-order valence-electron chi connectivity index (χ0n) is 11.2. The third-order valence-electron chi connectivity index (χ3n) is 3.80. The Morgan fingerprint density at radius 1 is 1.20 bits per heavy atom. The maximum absolute atomic E-state index is 6.40. The zero-order valence-corrected chi connectivity index (χ0v) is 12.7. The molecule has 1 nitrogen and oxygen atoms in total. The van der Waals surface area contributed by atoms with E-state index < -0.39 is 0 Å². The van der Waals surface area contributed by atoms with Gasteiger partial charge in [0.2, 0.25) is 0 Å². The maximum atomic E-state index is 6.40. The predicted molar refractivity (Wildman–Crippen MR) is 86.9 cm³/mol. The molecule has 1 aromatic rings. The van der Waals surface area contributed by atoms with Gasteiger partial charge in [-0.3, -0.25) is 0 Å². The first-order valence-electron chi connectivity index (χ1n) is 6.61. The molecule has 2 aliphatic rings.